The molecule has 2 unspecified atom stereocenters. The molecule has 4 heteroatoms. The van der Waals surface area contributed by atoms with E-state index in [0.717, 1.165) is 18.2 Å². The van der Waals surface area contributed by atoms with E-state index in [9.17, 15) is 13.9 Å². The zero-order valence-corrected chi connectivity index (χ0v) is 10.6. The minimum absolute atomic E-state index is 0.0192. The predicted molar refractivity (Wildman–Crippen MR) is 63.7 cm³/mol. The molecule has 0 aliphatic carbocycles. The lowest BCUT2D eigenvalue weighted by Crippen LogP contribution is -2.45. The van der Waals surface area contributed by atoms with Gasteiger partial charge in [0.1, 0.15) is 11.6 Å². The fourth-order valence-corrected chi connectivity index (χ4v) is 1.77. The molecule has 0 bridgehead atoms. The first-order valence-corrected chi connectivity index (χ1v) is 5.61. The van der Waals surface area contributed by atoms with E-state index in [-0.39, 0.29) is 17.1 Å². The fraction of sp³-hybridized carbons (Fsp3) is 0.538. The molecule has 96 valence electrons. The molecule has 2 atom stereocenters. The summed E-state index contributed by atoms with van der Waals surface area (Å²) in [6.45, 7) is 7.56. The van der Waals surface area contributed by atoms with Gasteiger partial charge in [0.2, 0.25) is 0 Å². The minimum atomic E-state index is -1.08. The Morgan fingerprint density at radius 2 is 1.82 bits per heavy atom. The van der Waals surface area contributed by atoms with Crippen molar-refractivity contribution in [3.63, 3.8) is 0 Å². The maximum absolute atomic E-state index is 13.5. The lowest BCUT2D eigenvalue weighted by atomic mass is 9.99. The van der Waals surface area contributed by atoms with Gasteiger partial charge in [0.05, 0.1) is 6.10 Å². The maximum Gasteiger partial charge on any atom is 0.129 e. The molecule has 17 heavy (non-hydrogen) atoms. The Balaban J connectivity index is 2.88. The number of nitrogens with one attached hydrogen (secondary N) is 1. The van der Waals surface area contributed by atoms with Gasteiger partial charge < -0.3 is 10.4 Å². The normalized spacial score (nSPS) is 15.7. The number of hydrogen-bond acceptors (Lipinski definition) is 2. The summed E-state index contributed by atoms with van der Waals surface area (Å²) in [5.41, 5.74) is -0.223. The van der Waals surface area contributed by atoms with Crippen molar-refractivity contribution < 1.29 is 13.9 Å². The second-order valence-electron chi connectivity index (χ2n) is 5.29. The summed E-state index contributed by atoms with van der Waals surface area (Å²) >= 11 is 0. The van der Waals surface area contributed by atoms with Gasteiger partial charge in [0.25, 0.3) is 0 Å². The predicted octanol–water partition coefficient (Wildman–Crippen LogP) is 2.77. The van der Waals surface area contributed by atoms with Gasteiger partial charge in [-0.1, -0.05) is 0 Å². The first-order chi connectivity index (χ1) is 7.70. The van der Waals surface area contributed by atoms with Gasteiger partial charge in [0, 0.05) is 17.1 Å². The lowest BCUT2D eigenvalue weighted by Gasteiger charge is -2.29. The third-order valence-electron chi connectivity index (χ3n) is 2.41. The monoisotopic (exact) mass is 243 g/mol. The van der Waals surface area contributed by atoms with Crippen LogP contribution in [0.2, 0.25) is 0 Å². The molecule has 0 heterocycles. The van der Waals surface area contributed by atoms with Crippen LogP contribution in [0, 0.1) is 11.6 Å². The van der Waals surface area contributed by atoms with E-state index in [1.807, 2.05) is 20.8 Å². The molecule has 0 aliphatic heterocycles. The van der Waals surface area contributed by atoms with Crippen molar-refractivity contribution in [3.8, 4) is 0 Å². The van der Waals surface area contributed by atoms with Crippen molar-refractivity contribution >= 4 is 0 Å². The van der Waals surface area contributed by atoms with E-state index in [2.05, 4.69) is 5.32 Å². The number of halogens is 2. The van der Waals surface area contributed by atoms with Gasteiger partial charge in [-0.05, 0) is 45.9 Å². The SMILES string of the molecule is CC(NC(C)(C)C)C(O)c1cc(F)ccc1F. The quantitative estimate of drug-likeness (QED) is 0.855. The molecule has 0 spiro atoms. The average molecular weight is 243 g/mol. The van der Waals surface area contributed by atoms with Crippen molar-refractivity contribution in [2.24, 2.45) is 0 Å². The van der Waals surface area contributed by atoms with Crippen LogP contribution in [0.15, 0.2) is 18.2 Å². The van der Waals surface area contributed by atoms with Crippen LogP contribution in [0.3, 0.4) is 0 Å². The maximum atomic E-state index is 13.5. The number of aliphatic hydroxyl groups is 1. The number of benzene rings is 1. The van der Waals surface area contributed by atoms with E-state index >= 15 is 0 Å². The molecule has 1 aromatic carbocycles. The zero-order chi connectivity index (χ0) is 13.2. The topological polar surface area (TPSA) is 32.3 Å². The number of rotatable bonds is 3. The van der Waals surface area contributed by atoms with Gasteiger partial charge in [-0.2, -0.15) is 0 Å². The lowest BCUT2D eigenvalue weighted by molar-refractivity contribution is 0.117. The summed E-state index contributed by atoms with van der Waals surface area (Å²) in [7, 11) is 0. The van der Waals surface area contributed by atoms with Crippen molar-refractivity contribution in [1.82, 2.24) is 5.32 Å². The van der Waals surface area contributed by atoms with Crippen LogP contribution in [0.5, 0.6) is 0 Å². The highest BCUT2D eigenvalue weighted by Gasteiger charge is 2.23. The third-order valence-corrected chi connectivity index (χ3v) is 2.41. The minimum Gasteiger partial charge on any atom is -0.387 e. The highest BCUT2D eigenvalue weighted by Crippen LogP contribution is 2.22. The molecule has 0 amide bonds. The molecular weight excluding hydrogens is 224 g/mol. The first kappa shape index (κ1) is 14.1. The zero-order valence-electron chi connectivity index (χ0n) is 10.6. The largest absolute Gasteiger partial charge is 0.387 e. The molecule has 0 fully saturated rings. The average Bonchev–Trinajstić information content (AvgIpc) is 2.18. The highest BCUT2D eigenvalue weighted by molar-refractivity contribution is 5.22. The van der Waals surface area contributed by atoms with Crippen LogP contribution in [-0.4, -0.2) is 16.7 Å². The van der Waals surface area contributed by atoms with Crippen LogP contribution in [0.25, 0.3) is 0 Å². The van der Waals surface area contributed by atoms with Crippen molar-refractivity contribution in [2.45, 2.75) is 45.4 Å². The second kappa shape index (κ2) is 5.10. The molecule has 0 aromatic heterocycles. The first-order valence-electron chi connectivity index (χ1n) is 5.61. The van der Waals surface area contributed by atoms with Gasteiger partial charge in [-0.15, -0.1) is 0 Å². The Morgan fingerprint density at radius 1 is 1.24 bits per heavy atom. The van der Waals surface area contributed by atoms with Crippen LogP contribution in [0.4, 0.5) is 8.78 Å². The summed E-state index contributed by atoms with van der Waals surface area (Å²) in [5, 5.41) is 13.1. The Morgan fingerprint density at radius 3 is 2.35 bits per heavy atom. The molecule has 0 saturated heterocycles. The van der Waals surface area contributed by atoms with Gasteiger partial charge in [0.15, 0.2) is 0 Å². The van der Waals surface area contributed by atoms with Crippen LogP contribution >= 0.6 is 0 Å². The van der Waals surface area contributed by atoms with Gasteiger partial charge >= 0.3 is 0 Å². The summed E-state index contributed by atoms with van der Waals surface area (Å²) in [6.07, 6.45) is -1.08. The summed E-state index contributed by atoms with van der Waals surface area (Å²) in [5.74, 6) is -1.15. The van der Waals surface area contributed by atoms with Crippen LogP contribution < -0.4 is 5.32 Å². The third kappa shape index (κ3) is 4.06. The molecule has 1 aromatic rings. The van der Waals surface area contributed by atoms with Crippen LogP contribution in [0.1, 0.15) is 39.4 Å². The summed E-state index contributed by atoms with van der Waals surface area (Å²) in [4.78, 5) is 0. The molecule has 0 saturated carbocycles. The van der Waals surface area contributed by atoms with Crippen LogP contribution in [-0.2, 0) is 0 Å². The molecular formula is C13H19F2NO. The van der Waals surface area contributed by atoms with E-state index in [4.69, 9.17) is 0 Å². The molecule has 2 N–H and O–H groups in total. The highest BCUT2D eigenvalue weighted by atomic mass is 19.1. The molecule has 1 rings (SSSR count). The standard InChI is InChI=1S/C13H19F2NO/c1-8(16-13(2,3)4)12(17)10-7-9(14)5-6-11(10)15/h5-8,12,16-17H,1-4H3. The molecule has 0 radical (unpaired) electrons. The van der Waals surface area contributed by atoms with Crippen molar-refractivity contribution in [1.29, 1.82) is 0 Å². The van der Waals surface area contributed by atoms with E-state index in [1.165, 1.54) is 0 Å². The van der Waals surface area contributed by atoms with Gasteiger partial charge in [-0.3, -0.25) is 0 Å². The van der Waals surface area contributed by atoms with Crippen molar-refractivity contribution in [2.75, 3.05) is 0 Å². The second-order valence-corrected chi connectivity index (χ2v) is 5.29. The Bertz CT molecular complexity index is 387. The number of hydrogen-bond donors (Lipinski definition) is 2. The van der Waals surface area contributed by atoms with E-state index in [0.29, 0.717) is 0 Å². The Labute approximate surface area is 101 Å². The fourth-order valence-electron chi connectivity index (χ4n) is 1.77. The summed E-state index contributed by atoms with van der Waals surface area (Å²) < 4.78 is 26.5. The van der Waals surface area contributed by atoms with E-state index < -0.39 is 17.7 Å². The smallest absolute Gasteiger partial charge is 0.129 e. The van der Waals surface area contributed by atoms with E-state index in [1.54, 1.807) is 6.92 Å². The Hall–Kier alpha value is -1.00. The Kier molecular flexibility index (Phi) is 4.22. The van der Waals surface area contributed by atoms with Gasteiger partial charge in [-0.25, -0.2) is 8.78 Å². The van der Waals surface area contributed by atoms with Crippen molar-refractivity contribution in [3.05, 3.63) is 35.4 Å². The molecule has 0 aliphatic rings. The summed E-state index contributed by atoms with van der Waals surface area (Å²) in [6, 6.07) is 2.72. The number of aliphatic hydroxyl groups excluding tert-OH is 1. The molecule has 2 nitrogen and oxygen atoms in total.